The Hall–Kier alpha value is -1.53. The summed E-state index contributed by atoms with van der Waals surface area (Å²) in [7, 11) is 1.89. The molecule has 0 N–H and O–H groups in total. The molecule has 2 aliphatic heterocycles. The van der Waals surface area contributed by atoms with Gasteiger partial charge >= 0.3 is 7.82 Å². The van der Waals surface area contributed by atoms with Crippen molar-refractivity contribution in [3.05, 3.63) is 35.6 Å². The number of likely N-dealkylation sites (N-methyl/N-ethyl adjacent to an activating group) is 1. The Morgan fingerprint density at radius 1 is 1.07 bits per heavy atom. The predicted octanol–water partition coefficient (Wildman–Crippen LogP) is 4.67. The van der Waals surface area contributed by atoms with Crippen LogP contribution in [0.25, 0.3) is 0 Å². The second-order valence-electron chi connectivity index (χ2n) is 8.30. The predicted molar refractivity (Wildman–Crippen MR) is 114 cm³/mol. The molecule has 7 nitrogen and oxygen atoms in total. The van der Waals surface area contributed by atoms with Gasteiger partial charge in [-0.3, -0.25) is 13.9 Å². The van der Waals surface area contributed by atoms with Crippen LogP contribution in [0.4, 0.5) is 0 Å². The first kappa shape index (κ1) is 21.7. The van der Waals surface area contributed by atoms with Crippen molar-refractivity contribution in [2.24, 2.45) is 0 Å². The maximum atomic E-state index is 13.0. The van der Waals surface area contributed by atoms with Crippen LogP contribution in [-0.4, -0.2) is 52.0 Å². The molecule has 0 spiro atoms. The topological polar surface area (TPSA) is 66.5 Å². The molecular formula is C22H32NO6P. The van der Waals surface area contributed by atoms with Crippen LogP contribution in [0.15, 0.2) is 30.0 Å². The highest BCUT2D eigenvalue weighted by Gasteiger charge is 2.49. The second-order valence-corrected chi connectivity index (χ2v) is 9.89. The Balaban J connectivity index is 1.60. The Morgan fingerprint density at radius 2 is 1.80 bits per heavy atom. The number of phosphoric acid groups is 1. The summed E-state index contributed by atoms with van der Waals surface area (Å²) in [5, 5.41) is 0. The Morgan fingerprint density at radius 3 is 2.50 bits per heavy atom. The van der Waals surface area contributed by atoms with Gasteiger partial charge in [-0.15, -0.1) is 0 Å². The third-order valence-corrected chi connectivity index (χ3v) is 8.04. The summed E-state index contributed by atoms with van der Waals surface area (Å²) in [6.45, 7) is 1.79. The Labute approximate surface area is 178 Å². The first-order valence-corrected chi connectivity index (χ1v) is 12.2. The molecule has 1 aromatic carbocycles. The molecule has 8 heteroatoms. The first-order valence-electron chi connectivity index (χ1n) is 10.7. The number of benzene rings is 1. The minimum atomic E-state index is -3.55. The van der Waals surface area contributed by atoms with Crippen molar-refractivity contribution in [1.29, 1.82) is 0 Å². The van der Waals surface area contributed by atoms with Gasteiger partial charge in [-0.2, -0.15) is 0 Å². The third-order valence-electron chi connectivity index (χ3n) is 6.59. The zero-order valence-electron chi connectivity index (χ0n) is 18.1. The maximum absolute atomic E-state index is 13.0. The normalized spacial score (nSPS) is 29.3. The highest BCUT2D eigenvalue weighted by molar-refractivity contribution is 7.48. The van der Waals surface area contributed by atoms with Crippen molar-refractivity contribution in [2.45, 2.75) is 50.0 Å². The van der Waals surface area contributed by atoms with Crippen molar-refractivity contribution in [2.75, 3.05) is 41.0 Å². The van der Waals surface area contributed by atoms with Crippen LogP contribution in [0.5, 0.6) is 11.5 Å². The number of hydrogen-bond acceptors (Lipinski definition) is 7. The second kappa shape index (κ2) is 8.91. The van der Waals surface area contributed by atoms with Crippen LogP contribution >= 0.6 is 7.82 Å². The Kier molecular flexibility index (Phi) is 6.44. The Bertz CT molecular complexity index is 831. The van der Waals surface area contributed by atoms with E-state index in [-0.39, 0.29) is 11.5 Å². The number of nitrogens with zero attached hydrogens (tertiary/aromatic N) is 1. The van der Waals surface area contributed by atoms with E-state index in [1.807, 2.05) is 6.07 Å². The highest BCUT2D eigenvalue weighted by atomic mass is 31.2. The lowest BCUT2D eigenvalue weighted by Gasteiger charge is -2.40. The number of rotatable bonds is 5. The molecule has 2 atom stereocenters. The van der Waals surface area contributed by atoms with Gasteiger partial charge in [-0.05, 0) is 69.5 Å². The molecule has 0 radical (unpaired) electrons. The van der Waals surface area contributed by atoms with Crippen LogP contribution in [0.2, 0.25) is 0 Å². The number of allylic oxidation sites excluding steroid dienone is 1. The van der Waals surface area contributed by atoms with Crippen molar-refractivity contribution >= 4 is 7.82 Å². The summed E-state index contributed by atoms with van der Waals surface area (Å²) in [5.74, 6) is 2.17. The van der Waals surface area contributed by atoms with Crippen molar-refractivity contribution in [1.82, 2.24) is 4.90 Å². The van der Waals surface area contributed by atoms with Crippen LogP contribution in [0.3, 0.4) is 0 Å². The fraction of sp³-hybridized carbons (Fsp3) is 0.636. The third kappa shape index (κ3) is 4.13. The summed E-state index contributed by atoms with van der Waals surface area (Å²) < 4.78 is 40.8. The minimum Gasteiger partial charge on any atom is -0.493 e. The average molecular weight is 437 g/mol. The maximum Gasteiger partial charge on any atom is 0.529 e. The molecule has 30 heavy (non-hydrogen) atoms. The lowest BCUT2D eigenvalue weighted by molar-refractivity contribution is 0.112. The van der Waals surface area contributed by atoms with E-state index in [1.165, 1.54) is 5.56 Å². The van der Waals surface area contributed by atoms with Crippen molar-refractivity contribution in [3.63, 3.8) is 0 Å². The van der Waals surface area contributed by atoms with E-state index in [0.29, 0.717) is 25.4 Å². The van der Waals surface area contributed by atoms with Crippen LogP contribution in [0, 0.1) is 0 Å². The van der Waals surface area contributed by atoms with Gasteiger partial charge in [-0.1, -0.05) is 6.07 Å². The quantitative estimate of drug-likeness (QED) is 0.621. The molecule has 2 fully saturated rings. The molecule has 2 unspecified atom stereocenters. The zero-order chi connectivity index (χ0) is 21.2. The monoisotopic (exact) mass is 437 g/mol. The smallest absolute Gasteiger partial charge is 0.493 e. The molecule has 0 aromatic heterocycles. The molecule has 3 aliphatic rings. The van der Waals surface area contributed by atoms with Crippen molar-refractivity contribution < 1.29 is 27.6 Å². The summed E-state index contributed by atoms with van der Waals surface area (Å²) in [6.07, 6.45) is 7.51. The molecule has 0 amide bonds. The van der Waals surface area contributed by atoms with Crippen LogP contribution in [0.1, 0.15) is 44.1 Å². The first-order chi connectivity index (χ1) is 14.5. The van der Waals surface area contributed by atoms with E-state index in [0.717, 1.165) is 50.1 Å². The molecule has 166 valence electrons. The van der Waals surface area contributed by atoms with E-state index in [9.17, 15) is 4.57 Å². The van der Waals surface area contributed by atoms with Gasteiger partial charge in [0.25, 0.3) is 0 Å². The molecule has 0 bridgehead atoms. The minimum absolute atomic E-state index is 0.0434. The zero-order valence-corrected chi connectivity index (χ0v) is 19.0. The SMILES string of the molecule is COc1ccc(C23CCC(OP4(=O)OCCCCCO4)=CC2N(C)CC3)cc1OC. The molecule has 2 heterocycles. The number of phosphoric ester groups is 1. The van der Waals surface area contributed by atoms with Gasteiger partial charge in [0.1, 0.15) is 5.76 Å². The molecule has 1 aromatic rings. The highest BCUT2D eigenvalue weighted by Crippen LogP contribution is 2.56. The van der Waals surface area contributed by atoms with Gasteiger partial charge < -0.3 is 14.0 Å². The van der Waals surface area contributed by atoms with Crippen molar-refractivity contribution in [3.8, 4) is 11.5 Å². The summed E-state index contributed by atoms with van der Waals surface area (Å²) in [6, 6.07) is 6.34. The molecule has 1 aliphatic carbocycles. The molecule has 2 saturated heterocycles. The average Bonchev–Trinajstić information content (AvgIpc) is 3.08. The van der Waals surface area contributed by atoms with E-state index in [4.69, 9.17) is 23.0 Å². The fourth-order valence-electron chi connectivity index (χ4n) is 4.90. The largest absolute Gasteiger partial charge is 0.529 e. The molecule has 0 saturated carbocycles. The summed E-state index contributed by atoms with van der Waals surface area (Å²) >= 11 is 0. The number of fused-ring (bicyclic) bond motifs is 1. The van der Waals surface area contributed by atoms with Crippen LogP contribution < -0.4 is 9.47 Å². The van der Waals surface area contributed by atoms with Gasteiger partial charge in [0.15, 0.2) is 11.5 Å². The molecule has 4 rings (SSSR count). The van der Waals surface area contributed by atoms with Gasteiger partial charge in [-0.25, -0.2) is 4.57 Å². The van der Waals surface area contributed by atoms with E-state index in [2.05, 4.69) is 30.2 Å². The van der Waals surface area contributed by atoms with E-state index in [1.54, 1.807) is 14.2 Å². The fourth-order valence-corrected chi connectivity index (χ4v) is 6.22. The lowest BCUT2D eigenvalue weighted by atomic mass is 9.68. The lowest BCUT2D eigenvalue weighted by Crippen LogP contribution is -2.42. The number of methoxy groups -OCH3 is 2. The number of ether oxygens (including phenoxy) is 2. The summed E-state index contributed by atoms with van der Waals surface area (Å²) in [4.78, 5) is 2.33. The number of hydrogen-bond donors (Lipinski definition) is 0. The van der Waals surface area contributed by atoms with Gasteiger partial charge in [0.05, 0.1) is 27.4 Å². The van der Waals surface area contributed by atoms with E-state index < -0.39 is 7.82 Å². The standard InChI is InChI=1S/C22H32NO6P/c1-23-12-11-22(17-7-8-19(25-2)20(15-17)26-3)10-9-18(16-21(22)23)29-30(24)27-13-5-4-6-14-28-30/h7-8,15-16,21H,4-6,9-14H2,1-3H3. The number of likely N-dealkylation sites (tertiary alicyclic amines) is 1. The van der Waals surface area contributed by atoms with Crippen LogP contribution in [-0.2, 0) is 23.6 Å². The van der Waals surface area contributed by atoms with E-state index >= 15 is 0 Å². The van der Waals surface area contributed by atoms with Gasteiger partial charge in [0.2, 0.25) is 0 Å². The van der Waals surface area contributed by atoms with Gasteiger partial charge in [0, 0.05) is 17.9 Å². The summed E-state index contributed by atoms with van der Waals surface area (Å²) in [5.41, 5.74) is 1.19. The molecular weight excluding hydrogens is 405 g/mol.